The summed E-state index contributed by atoms with van der Waals surface area (Å²) in [4.78, 5) is 18.4. The number of nitrogens with zero attached hydrogens (tertiary/aromatic N) is 4. The second-order valence-corrected chi connectivity index (χ2v) is 6.86. The van der Waals surface area contributed by atoms with Crippen LogP contribution in [0.3, 0.4) is 0 Å². The summed E-state index contributed by atoms with van der Waals surface area (Å²) in [6.07, 6.45) is 3.72. The lowest BCUT2D eigenvalue weighted by Gasteiger charge is -2.16. The van der Waals surface area contributed by atoms with Gasteiger partial charge >= 0.3 is 0 Å². The minimum atomic E-state index is -0.159. The number of aromatic nitrogens is 3. The third-order valence-electron chi connectivity index (χ3n) is 4.73. The number of rotatable bonds is 7. The van der Waals surface area contributed by atoms with Crippen LogP contribution in [0, 0.1) is 0 Å². The Morgan fingerprint density at radius 1 is 1.30 bits per heavy atom. The van der Waals surface area contributed by atoms with Crippen LogP contribution in [0.1, 0.15) is 17.0 Å². The Labute approximate surface area is 174 Å². The molecule has 1 aromatic carbocycles. The van der Waals surface area contributed by atoms with Crippen LogP contribution in [0.4, 0.5) is 5.82 Å². The van der Waals surface area contributed by atoms with E-state index < -0.39 is 0 Å². The van der Waals surface area contributed by atoms with Crippen LogP contribution in [0.15, 0.2) is 59.3 Å². The molecule has 3 aromatic heterocycles. The van der Waals surface area contributed by atoms with Gasteiger partial charge in [0.25, 0.3) is 5.91 Å². The van der Waals surface area contributed by atoms with E-state index in [0.29, 0.717) is 53.5 Å². The van der Waals surface area contributed by atoms with E-state index in [1.807, 2.05) is 12.1 Å². The fourth-order valence-electron chi connectivity index (χ4n) is 3.16. The maximum absolute atomic E-state index is 12.2. The van der Waals surface area contributed by atoms with Crippen molar-refractivity contribution in [2.45, 2.75) is 6.42 Å². The molecule has 2 radical (unpaired) electrons. The summed E-state index contributed by atoms with van der Waals surface area (Å²) >= 11 is 0. The summed E-state index contributed by atoms with van der Waals surface area (Å²) in [6.45, 7) is 1.14. The minimum absolute atomic E-state index is 0.136. The van der Waals surface area contributed by atoms with Gasteiger partial charge in [0.15, 0.2) is 11.4 Å². The van der Waals surface area contributed by atoms with Crippen LogP contribution in [0.25, 0.3) is 16.9 Å². The van der Waals surface area contributed by atoms with E-state index in [1.165, 1.54) is 12.5 Å². The molecule has 2 N–H and O–H groups in total. The number of aromatic hydroxyl groups is 1. The van der Waals surface area contributed by atoms with Crippen molar-refractivity contribution in [1.82, 2.24) is 19.5 Å². The van der Waals surface area contributed by atoms with Gasteiger partial charge in [-0.2, -0.15) is 9.61 Å². The van der Waals surface area contributed by atoms with Crippen LogP contribution >= 0.6 is 0 Å². The zero-order valence-electron chi connectivity index (χ0n) is 16.4. The zero-order chi connectivity index (χ0) is 21.1. The van der Waals surface area contributed by atoms with Crippen molar-refractivity contribution < 1.29 is 14.3 Å². The fourth-order valence-corrected chi connectivity index (χ4v) is 3.16. The van der Waals surface area contributed by atoms with Gasteiger partial charge in [-0.15, -0.1) is 0 Å². The molecule has 1 amide bonds. The lowest BCUT2D eigenvalue weighted by Crippen LogP contribution is -2.28. The van der Waals surface area contributed by atoms with Gasteiger partial charge in [-0.25, -0.2) is 4.98 Å². The summed E-state index contributed by atoms with van der Waals surface area (Å²) in [6, 6.07) is 12.1. The fraction of sp³-hybridized carbons (Fsp3) is 0.190. The molecule has 0 atom stereocenters. The molecule has 0 saturated carbocycles. The number of para-hydroxylation sites is 1. The predicted octanol–water partition coefficient (Wildman–Crippen LogP) is 2.06. The number of carbonyl (C=O) groups excluding carboxylic acids is 1. The summed E-state index contributed by atoms with van der Waals surface area (Å²) in [5.41, 5.74) is 2.13. The van der Waals surface area contributed by atoms with Crippen molar-refractivity contribution in [3.8, 4) is 17.0 Å². The van der Waals surface area contributed by atoms with E-state index in [9.17, 15) is 9.90 Å². The molecule has 0 aliphatic rings. The van der Waals surface area contributed by atoms with E-state index >= 15 is 0 Å². The van der Waals surface area contributed by atoms with Gasteiger partial charge in [-0.1, -0.05) is 12.1 Å². The number of anilines is 1. The van der Waals surface area contributed by atoms with Crippen molar-refractivity contribution in [3.05, 3.63) is 60.7 Å². The van der Waals surface area contributed by atoms with Gasteiger partial charge < -0.3 is 19.7 Å². The summed E-state index contributed by atoms with van der Waals surface area (Å²) in [7, 11) is 7.75. The van der Waals surface area contributed by atoms with E-state index in [4.69, 9.17) is 12.3 Å². The number of nitrogens with one attached hydrogen (secondary N) is 1. The molecule has 0 aliphatic heterocycles. The van der Waals surface area contributed by atoms with Gasteiger partial charge in [0.05, 0.1) is 12.0 Å². The molecule has 0 fully saturated rings. The largest absolute Gasteiger partial charge is 0.507 e. The Kier molecular flexibility index (Phi) is 5.43. The van der Waals surface area contributed by atoms with Crippen molar-refractivity contribution in [2.24, 2.45) is 0 Å². The SMILES string of the molecule is [B]c1cnn2c(NCCCN(C)C(=O)c3ccco3)cc(-c3ccccc3O)nc12. The van der Waals surface area contributed by atoms with Gasteiger partial charge in [-0.05, 0) is 36.1 Å². The molecule has 8 nitrogen and oxygen atoms in total. The van der Waals surface area contributed by atoms with Crippen molar-refractivity contribution in [1.29, 1.82) is 0 Å². The van der Waals surface area contributed by atoms with E-state index in [0.717, 1.165) is 0 Å². The van der Waals surface area contributed by atoms with Crippen LogP contribution in [0.5, 0.6) is 5.75 Å². The Balaban J connectivity index is 1.48. The highest BCUT2D eigenvalue weighted by molar-refractivity contribution is 6.36. The molecule has 4 aromatic rings. The first kappa shape index (κ1) is 19.6. The lowest BCUT2D eigenvalue weighted by molar-refractivity contribution is 0.0763. The molecule has 30 heavy (non-hydrogen) atoms. The Hall–Kier alpha value is -3.75. The average molecular weight is 401 g/mol. The summed E-state index contributed by atoms with van der Waals surface area (Å²) in [5.74, 6) is 0.986. The highest BCUT2D eigenvalue weighted by Crippen LogP contribution is 2.29. The van der Waals surface area contributed by atoms with Crippen molar-refractivity contribution in [2.75, 3.05) is 25.5 Å². The summed E-state index contributed by atoms with van der Waals surface area (Å²) in [5, 5.41) is 17.8. The Morgan fingerprint density at radius 2 is 2.13 bits per heavy atom. The number of furan rings is 1. The number of amides is 1. The smallest absolute Gasteiger partial charge is 0.289 e. The Morgan fingerprint density at radius 3 is 2.90 bits per heavy atom. The Bertz CT molecular complexity index is 1170. The third-order valence-corrected chi connectivity index (χ3v) is 4.73. The predicted molar refractivity (Wildman–Crippen MR) is 114 cm³/mol. The van der Waals surface area contributed by atoms with E-state index in [1.54, 1.807) is 46.8 Å². The van der Waals surface area contributed by atoms with Gasteiger partial charge in [-0.3, -0.25) is 4.79 Å². The van der Waals surface area contributed by atoms with Gasteiger partial charge in [0, 0.05) is 38.0 Å². The molecule has 150 valence electrons. The number of fused-ring (bicyclic) bond motifs is 1. The maximum atomic E-state index is 12.2. The third kappa shape index (κ3) is 3.87. The molecular weight excluding hydrogens is 381 g/mol. The highest BCUT2D eigenvalue weighted by Gasteiger charge is 2.15. The number of hydrogen-bond donors (Lipinski definition) is 2. The maximum Gasteiger partial charge on any atom is 0.289 e. The first-order chi connectivity index (χ1) is 14.5. The van der Waals surface area contributed by atoms with E-state index in [-0.39, 0.29) is 11.7 Å². The molecule has 0 spiro atoms. The van der Waals surface area contributed by atoms with Crippen LogP contribution in [-0.4, -0.2) is 58.5 Å². The number of phenols is 1. The molecule has 3 heterocycles. The van der Waals surface area contributed by atoms with Crippen molar-refractivity contribution >= 4 is 30.7 Å². The monoisotopic (exact) mass is 401 g/mol. The topological polar surface area (TPSA) is 95.9 Å². The quantitative estimate of drug-likeness (QED) is 0.364. The second-order valence-electron chi connectivity index (χ2n) is 6.86. The lowest BCUT2D eigenvalue weighted by atomic mass is 10.0. The van der Waals surface area contributed by atoms with Gasteiger partial charge in [0.1, 0.15) is 19.4 Å². The van der Waals surface area contributed by atoms with E-state index in [2.05, 4.69) is 15.4 Å². The number of carbonyl (C=O) groups is 1. The molecule has 9 heteroatoms. The number of phenolic OH excluding ortho intramolecular Hbond substituents is 1. The first-order valence-electron chi connectivity index (χ1n) is 9.50. The molecule has 0 bridgehead atoms. The summed E-state index contributed by atoms with van der Waals surface area (Å²) < 4.78 is 6.77. The number of benzene rings is 1. The molecule has 0 unspecified atom stereocenters. The minimum Gasteiger partial charge on any atom is -0.507 e. The molecule has 4 rings (SSSR count). The molecular formula is C21H20BN5O3. The first-order valence-corrected chi connectivity index (χ1v) is 9.50. The van der Waals surface area contributed by atoms with Crippen LogP contribution < -0.4 is 10.8 Å². The standard InChI is InChI=1S/C21H20BN5O3/c1-26(21(29)18-8-4-11-30-18)10-5-9-23-19-12-16(14-6-2-3-7-17(14)28)25-20-15(22)13-24-27(19)20/h2-4,6-8,11-13,23,28H,5,9-10H2,1H3. The second kappa shape index (κ2) is 8.32. The average Bonchev–Trinajstić information content (AvgIpc) is 3.41. The zero-order valence-corrected chi connectivity index (χ0v) is 16.4. The van der Waals surface area contributed by atoms with Crippen LogP contribution in [0.2, 0.25) is 0 Å². The normalized spacial score (nSPS) is 11.0. The van der Waals surface area contributed by atoms with Crippen molar-refractivity contribution in [3.63, 3.8) is 0 Å². The van der Waals surface area contributed by atoms with Gasteiger partial charge in [0.2, 0.25) is 0 Å². The molecule has 0 aliphatic carbocycles. The highest BCUT2D eigenvalue weighted by atomic mass is 16.3. The molecule has 0 saturated heterocycles. The number of hydrogen-bond acceptors (Lipinski definition) is 6. The van der Waals surface area contributed by atoms with Crippen LogP contribution in [-0.2, 0) is 0 Å².